The molecule has 0 amide bonds. The molecule has 0 aliphatic rings. The summed E-state index contributed by atoms with van der Waals surface area (Å²) < 4.78 is 2.39. The Morgan fingerprint density at radius 2 is 1.80 bits per heavy atom. The number of nitrogens with two attached hydrogens (primary N) is 1. The lowest BCUT2D eigenvalue weighted by Gasteiger charge is -2.08. The molecular formula is C16H15BrClNS. The molecule has 104 valence electrons. The summed E-state index contributed by atoms with van der Waals surface area (Å²) in [6, 6.07) is 16.9. The van der Waals surface area contributed by atoms with Gasteiger partial charge in [-0.3, -0.25) is 0 Å². The van der Waals surface area contributed by atoms with Crippen LogP contribution < -0.4 is 5.73 Å². The minimum Gasteiger partial charge on any atom is -0.323 e. The molecule has 20 heavy (non-hydrogen) atoms. The van der Waals surface area contributed by atoms with Crippen molar-refractivity contribution < 1.29 is 0 Å². The van der Waals surface area contributed by atoms with Gasteiger partial charge in [0.25, 0.3) is 0 Å². The van der Waals surface area contributed by atoms with Gasteiger partial charge in [-0.05, 0) is 30.7 Å². The van der Waals surface area contributed by atoms with Crippen LogP contribution in [0.3, 0.4) is 0 Å². The molecule has 0 spiro atoms. The zero-order valence-electron chi connectivity index (χ0n) is 11.0. The average Bonchev–Trinajstić information content (AvgIpc) is 2.78. The zero-order valence-corrected chi connectivity index (χ0v) is 14.2. The normalized spacial score (nSPS) is 12.2. The second-order valence-corrected chi connectivity index (χ2v) is 6.64. The van der Waals surface area contributed by atoms with Crippen molar-refractivity contribution in [1.29, 1.82) is 0 Å². The minimum absolute atomic E-state index is 0. The fraction of sp³-hybridized carbons (Fsp3) is 0.125. The topological polar surface area (TPSA) is 26.0 Å². The molecule has 1 aromatic heterocycles. The summed E-state index contributed by atoms with van der Waals surface area (Å²) in [5, 5.41) is 1.28. The number of halogens is 2. The van der Waals surface area contributed by atoms with Crippen LogP contribution in [0.15, 0.2) is 53.0 Å². The first-order chi connectivity index (χ1) is 9.16. The van der Waals surface area contributed by atoms with Crippen molar-refractivity contribution in [3.63, 3.8) is 0 Å². The van der Waals surface area contributed by atoms with Crippen LogP contribution in [0.2, 0.25) is 0 Å². The molecule has 0 aliphatic heterocycles. The highest BCUT2D eigenvalue weighted by molar-refractivity contribution is 9.10. The van der Waals surface area contributed by atoms with E-state index < -0.39 is 0 Å². The summed E-state index contributed by atoms with van der Waals surface area (Å²) in [7, 11) is 0. The fourth-order valence-electron chi connectivity index (χ4n) is 2.31. The maximum absolute atomic E-state index is 6.15. The van der Waals surface area contributed by atoms with Crippen LogP contribution in [0.5, 0.6) is 0 Å². The van der Waals surface area contributed by atoms with Crippen LogP contribution in [0, 0.1) is 0 Å². The Bertz CT molecular complexity index is 722. The first-order valence-electron chi connectivity index (χ1n) is 6.20. The lowest BCUT2D eigenvalue weighted by Crippen LogP contribution is -2.03. The van der Waals surface area contributed by atoms with E-state index in [1.165, 1.54) is 26.1 Å². The van der Waals surface area contributed by atoms with Crippen molar-refractivity contribution in [2.24, 2.45) is 5.73 Å². The van der Waals surface area contributed by atoms with Crippen LogP contribution >= 0.6 is 39.7 Å². The lowest BCUT2D eigenvalue weighted by atomic mass is 10.00. The molecule has 3 aromatic rings. The smallest absolute Gasteiger partial charge is 0.0367 e. The Hall–Kier alpha value is -0.870. The molecule has 0 saturated heterocycles. The molecule has 1 heterocycles. The Labute approximate surface area is 137 Å². The van der Waals surface area contributed by atoms with E-state index >= 15 is 0 Å². The molecule has 2 aromatic carbocycles. The lowest BCUT2D eigenvalue weighted by molar-refractivity contribution is 0.841. The molecule has 0 radical (unpaired) electrons. The van der Waals surface area contributed by atoms with Gasteiger partial charge in [-0.15, -0.1) is 23.7 Å². The Kier molecular flexibility index (Phi) is 4.86. The SMILES string of the molecule is CC(N)c1sc2ccc(Br)cc2c1-c1ccccc1.Cl. The van der Waals surface area contributed by atoms with Crippen LogP contribution in [0.4, 0.5) is 0 Å². The minimum atomic E-state index is 0. The third-order valence-corrected chi connectivity index (χ3v) is 5.02. The number of benzene rings is 2. The highest BCUT2D eigenvalue weighted by Crippen LogP contribution is 2.42. The Morgan fingerprint density at radius 3 is 2.45 bits per heavy atom. The second-order valence-electron chi connectivity index (χ2n) is 4.64. The van der Waals surface area contributed by atoms with E-state index in [1.54, 1.807) is 11.3 Å². The standard InChI is InChI=1S/C16H14BrNS.ClH/c1-10(18)16-15(11-5-3-2-4-6-11)13-9-12(17)7-8-14(13)19-16;/h2-10H,18H2,1H3;1H. The van der Waals surface area contributed by atoms with Crippen molar-refractivity contribution in [1.82, 2.24) is 0 Å². The van der Waals surface area contributed by atoms with E-state index in [1.807, 2.05) is 13.0 Å². The molecule has 0 saturated carbocycles. The molecule has 2 N–H and O–H groups in total. The number of thiophene rings is 1. The number of hydrogen-bond donors (Lipinski definition) is 1. The second kappa shape index (κ2) is 6.27. The highest BCUT2D eigenvalue weighted by atomic mass is 79.9. The van der Waals surface area contributed by atoms with E-state index in [0.717, 1.165) is 4.47 Å². The third kappa shape index (κ3) is 2.77. The van der Waals surface area contributed by atoms with E-state index in [-0.39, 0.29) is 18.4 Å². The first-order valence-corrected chi connectivity index (χ1v) is 7.80. The van der Waals surface area contributed by atoms with E-state index in [4.69, 9.17) is 5.73 Å². The van der Waals surface area contributed by atoms with Crippen molar-refractivity contribution in [3.8, 4) is 11.1 Å². The number of rotatable bonds is 2. The predicted octanol–water partition coefficient (Wildman–Crippen LogP) is 5.77. The highest BCUT2D eigenvalue weighted by Gasteiger charge is 2.16. The third-order valence-electron chi connectivity index (χ3n) is 3.15. The predicted molar refractivity (Wildman–Crippen MR) is 94.8 cm³/mol. The Morgan fingerprint density at radius 1 is 1.10 bits per heavy atom. The molecule has 0 bridgehead atoms. The van der Waals surface area contributed by atoms with E-state index in [0.29, 0.717) is 0 Å². The van der Waals surface area contributed by atoms with Gasteiger partial charge in [0, 0.05) is 31.0 Å². The van der Waals surface area contributed by atoms with Gasteiger partial charge in [0.2, 0.25) is 0 Å². The molecule has 0 aliphatic carbocycles. The molecule has 4 heteroatoms. The first kappa shape index (κ1) is 15.5. The maximum Gasteiger partial charge on any atom is 0.0367 e. The van der Waals surface area contributed by atoms with Crippen molar-refractivity contribution in [2.45, 2.75) is 13.0 Å². The Balaban J connectivity index is 0.00000147. The number of fused-ring (bicyclic) bond motifs is 1. The maximum atomic E-state index is 6.15. The summed E-state index contributed by atoms with van der Waals surface area (Å²) in [5.41, 5.74) is 8.66. The van der Waals surface area contributed by atoms with Gasteiger partial charge >= 0.3 is 0 Å². The van der Waals surface area contributed by atoms with Crippen molar-refractivity contribution >= 4 is 49.8 Å². The van der Waals surface area contributed by atoms with Crippen LogP contribution in [-0.4, -0.2) is 0 Å². The van der Waals surface area contributed by atoms with Gasteiger partial charge in [0.1, 0.15) is 0 Å². The summed E-state index contributed by atoms with van der Waals surface area (Å²) in [6.07, 6.45) is 0. The van der Waals surface area contributed by atoms with Gasteiger partial charge in [-0.2, -0.15) is 0 Å². The van der Waals surface area contributed by atoms with Gasteiger partial charge in [-0.1, -0.05) is 46.3 Å². The van der Waals surface area contributed by atoms with Gasteiger partial charge < -0.3 is 5.73 Å². The molecular weight excluding hydrogens is 354 g/mol. The molecule has 3 rings (SSSR count). The van der Waals surface area contributed by atoms with E-state index in [2.05, 4.69) is 58.4 Å². The molecule has 0 fully saturated rings. The zero-order chi connectivity index (χ0) is 13.4. The van der Waals surface area contributed by atoms with Gasteiger partial charge in [0.15, 0.2) is 0 Å². The quantitative estimate of drug-likeness (QED) is 0.610. The molecule has 1 unspecified atom stereocenters. The van der Waals surface area contributed by atoms with E-state index in [9.17, 15) is 0 Å². The van der Waals surface area contributed by atoms with Crippen molar-refractivity contribution in [2.75, 3.05) is 0 Å². The molecule has 1 atom stereocenters. The fourth-order valence-corrected chi connectivity index (χ4v) is 3.83. The van der Waals surface area contributed by atoms with Crippen molar-refractivity contribution in [3.05, 3.63) is 57.9 Å². The average molecular weight is 369 g/mol. The monoisotopic (exact) mass is 367 g/mol. The summed E-state index contributed by atoms with van der Waals surface area (Å²) >= 11 is 5.35. The van der Waals surface area contributed by atoms with Gasteiger partial charge in [-0.25, -0.2) is 0 Å². The largest absolute Gasteiger partial charge is 0.323 e. The summed E-state index contributed by atoms with van der Waals surface area (Å²) in [5.74, 6) is 0. The van der Waals surface area contributed by atoms with Crippen LogP contribution in [0.1, 0.15) is 17.8 Å². The van der Waals surface area contributed by atoms with Crippen LogP contribution in [-0.2, 0) is 0 Å². The summed E-state index contributed by atoms with van der Waals surface area (Å²) in [4.78, 5) is 1.25. The van der Waals surface area contributed by atoms with Gasteiger partial charge in [0.05, 0.1) is 0 Å². The number of hydrogen-bond acceptors (Lipinski definition) is 2. The molecule has 1 nitrogen and oxygen atoms in total. The summed E-state index contributed by atoms with van der Waals surface area (Å²) in [6.45, 7) is 2.05. The van der Waals surface area contributed by atoms with Crippen LogP contribution in [0.25, 0.3) is 21.2 Å².